The Balaban J connectivity index is 1.90. The SMILES string of the molecule is O=C(Cc1ccccn1)NC1CCCC1C(=O)O. The van der Waals surface area contributed by atoms with Gasteiger partial charge in [0.05, 0.1) is 12.3 Å². The molecule has 5 heteroatoms. The van der Waals surface area contributed by atoms with Crippen molar-refractivity contribution in [3.63, 3.8) is 0 Å². The highest BCUT2D eigenvalue weighted by Gasteiger charge is 2.33. The van der Waals surface area contributed by atoms with E-state index in [1.165, 1.54) is 0 Å². The topological polar surface area (TPSA) is 79.3 Å². The summed E-state index contributed by atoms with van der Waals surface area (Å²) in [6, 6.07) is 5.16. The number of rotatable bonds is 4. The van der Waals surface area contributed by atoms with Crippen LogP contribution in [0.4, 0.5) is 0 Å². The van der Waals surface area contributed by atoms with Crippen LogP contribution in [0.3, 0.4) is 0 Å². The van der Waals surface area contributed by atoms with E-state index in [4.69, 9.17) is 5.11 Å². The first kappa shape index (κ1) is 12.5. The van der Waals surface area contributed by atoms with E-state index in [1.54, 1.807) is 18.3 Å². The largest absolute Gasteiger partial charge is 0.481 e. The van der Waals surface area contributed by atoms with Crippen LogP contribution in [0.2, 0.25) is 0 Å². The smallest absolute Gasteiger partial charge is 0.308 e. The Labute approximate surface area is 105 Å². The highest BCUT2D eigenvalue weighted by molar-refractivity contribution is 5.80. The molecule has 0 radical (unpaired) electrons. The molecule has 2 N–H and O–H groups in total. The summed E-state index contributed by atoms with van der Waals surface area (Å²) in [5.74, 6) is -1.43. The van der Waals surface area contributed by atoms with Gasteiger partial charge in [-0.25, -0.2) is 0 Å². The molecule has 1 aliphatic carbocycles. The Morgan fingerprint density at radius 3 is 2.89 bits per heavy atom. The average molecular weight is 248 g/mol. The fourth-order valence-electron chi connectivity index (χ4n) is 2.35. The van der Waals surface area contributed by atoms with Crippen LogP contribution in [0.1, 0.15) is 25.0 Å². The van der Waals surface area contributed by atoms with E-state index < -0.39 is 11.9 Å². The van der Waals surface area contributed by atoms with Gasteiger partial charge < -0.3 is 10.4 Å². The summed E-state index contributed by atoms with van der Waals surface area (Å²) in [5, 5.41) is 11.8. The van der Waals surface area contributed by atoms with Crippen molar-refractivity contribution < 1.29 is 14.7 Å². The molecular weight excluding hydrogens is 232 g/mol. The third-order valence-electron chi connectivity index (χ3n) is 3.25. The number of carbonyl (C=O) groups is 2. The monoisotopic (exact) mass is 248 g/mol. The zero-order valence-electron chi connectivity index (χ0n) is 10.0. The number of nitrogens with zero attached hydrogens (tertiary/aromatic N) is 1. The average Bonchev–Trinajstić information content (AvgIpc) is 2.78. The lowest BCUT2D eigenvalue weighted by molar-refractivity contribution is -0.142. The number of amides is 1. The Kier molecular flexibility index (Phi) is 3.92. The fourth-order valence-corrected chi connectivity index (χ4v) is 2.35. The van der Waals surface area contributed by atoms with Crippen LogP contribution in [0, 0.1) is 5.92 Å². The van der Waals surface area contributed by atoms with Gasteiger partial charge in [-0.15, -0.1) is 0 Å². The molecule has 1 aromatic heterocycles. The van der Waals surface area contributed by atoms with Crippen molar-refractivity contribution in [2.75, 3.05) is 0 Å². The lowest BCUT2D eigenvalue weighted by Gasteiger charge is -2.17. The first-order chi connectivity index (χ1) is 8.66. The van der Waals surface area contributed by atoms with Gasteiger partial charge in [-0.3, -0.25) is 14.6 Å². The second-order valence-electron chi connectivity index (χ2n) is 4.55. The van der Waals surface area contributed by atoms with E-state index in [1.807, 2.05) is 6.07 Å². The lowest BCUT2D eigenvalue weighted by Crippen LogP contribution is -2.40. The van der Waals surface area contributed by atoms with Crippen molar-refractivity contribution in [2.24, 2.45) is 5.92 Å². The van der Waals surface area contributed by atoms with E-state index in [2.05, 4.69) is 10.3 Å². The van der Waals surface area contributed by atoms with Crippen molar-refractivity contribution in [1.82, 2.24) is 10.3 Å². The van der Waals surface area contributed by atoms with Gasteiger partial charge in [-0.1, -0.05) is 12.5 Å². The Morgan fingerprint density at radius 1 is 1.39 bits per heavy atom. The maximum Gasteiger partial charge on any atom is 0.308 e. The summed E-state index contributed by atoms with van der Waals surface area (Å²) >= 11 is 0. The molecule has 1 heterocycles. The Bertz CT molecular complexity index is 433. The van der Waals surface area contributed by atoms with Gasteiger partial charge in [-0.2, -0.15) is 0 Å². The molecular formula is C13H16N2O3. The number of aliphatic carboxylic acids is 1. The molecule has 0 bridgehead atoms. The summed E-state index contributed by atoms with van der Waals surface area (Å²) in [7, 11) is 0. The summed E-state index contributed by atoms with van der Waals surface area (Å²) in [6.45, 7) is 0. The molecule has 1 fully saturated rings. The first-order valence-corrected chi connectivity index (χ1v) is 6.09. The van der Waals surface area contributed by atoms with E-state index in [0.29, 0.717) is 12.1 Å². The van der Waals surface area contributed by atoms with E-state index in [-0.39, 0.29) is 18.4 Å². The van der Waals surface area contributed by atoms with Gasteiger partial charge in [-0.05, 0) is 25.0 Å². The standard InChI is InChI=1S/C13H16N2O3/c16-12(8-9-4-1-2-7-14-9)15-11-6-3-5-10(11)13(17)18/h1-2,4,7,10-11H,3,5-6,8H2,(H,15,16)(H,17,18). The summed E-state index contributed by atoms with van der Waals surface area (Å²) < 4.78 is 0. The zero-order valence-corrected chi connectivity index (χ0v) is 10.0. The molecule has 0 aromatic carbocycles. The van der Waals surface area contributed by atoms with E-state index in [0.717, 1.165) is 12.8 Å². The number of aromatic nitrogens is 1. The maximum absolute atomic E-state index is 11.8. The van der Waals surface area contributed by atoms with Gasteiger partial charge in [0.2, 0.25) is 5.91 Å². The number of hydrogen-bond acceptors (Lipinski definition) is 3. The van der Waals surface area contributed by atoms with Gasteiger partial charge in [0.25, 0.3) is 0 Å². The molecule has 5 nitrogen and oxygen atoms in total. The number of nitrogens with one attached hydrogen (secondary N) is 1. The third kappa shape index (κ3) is 3.06. The highest BCUT2D eigenvalue weighted by Crippen LogP contribution is 2.25. The molecule has 2 unspecified atom stereocenters. The van der Waals surface area contributed by atoms with E-state index in [9.17, 15) is 9.59 Å². The van der Waals surface area contributed by atoms with Gasteiger partial charge >= 0.3 is 5.97 Å². The zero-order chi connectivity index (χ0) is 13.0. The first-order valence-electron chi connectivity index (χ1n) is 6.09. The Morgan fingerprint density at radius 2 is 2.22 bits per heavy atom. The van der Waals surface area contributed by atoms with Gasteiger partial charge in [0, 0.05) is 17.9 Å². The summed E-state index contributed by atoms with van der Waals surface area (Å²) in [4.78, 5) is 26.9. The molecule has 18 heavy (non-hydrogen) atoms. The third-order valence-corrected chi connectivity index (χ3v) is 3.25. The van der Waals surface area contributed by atoms with Crippen LogP contribution in [0.5, 0.6) is 0 Å². The minimum atomic E-state index is -0.823. The number of hydrogen-bond donors (Lipinski definition) is 2. The Hall–Kier alpha value is -1.91. The molecule has 0 saturated heterocycles. The van der Waals surface area contributed by atoms with Crippen LogP contribution in [0.25, 0.3) is 0 Å². The molecule has 1 saturated carbocycles. The number of carboxylic acids is 1. The number of carbonyl (C=O) groups excluding carboxylic acids is 1. The minimum Gasteiger partial charge on any atom is -0.481 e. The molecule has 96 valence electrons. The highest BCUT2D eigenvalue weighted by atomic mass is 16.4. The molecule has 1 aliphatic rings. The van der Waals surface area contributed by atoms with E-state index >= 15 is 0 Å². The predicted molar refractivity (Wildman–Crippen MR) is 64.8 cm³/mol. The van der Waals surface area contributed by atoms with Crippen molar-refractivity contribution in [2.45, 2.75) is 31.7 Å². The molecule has 1 aromatic rings. The molecule has 2 atom stereocenters. The van der Waals surface area contributed by atoms with Gasteiger partial charge in [0.15, 0.2) is 0 Å². The molecule has 0 spiro atoms. The normalized spacial score (nSPS) is 22.7. The molecule has 0 aliphatic heterocycles. The maximum atomic E-state index is 11.8. The lowest BCUT2D eigenvalue weighted by atomic mass is 10.0. The second-order valence-corrected chi connectivity index (χ2v) is 4.55. The minimum absolute atomic E-state index is 0.160. The van der Waals surface area contributed by atoms with Crippen LogP contribution < -0.4 is 5.32 Å². The number of pyridine rings is 1. The van der Waals surface area contributed by atoms with Gasteiger partial charge in [0.1, 0.15) is 0 Å². The summed E-state index contributed by atoms with van der Waals surface area (Å²) in [5.41, 5.74) is 0.694. The predicted octanol–water partition coefficient (Wildman–Crippen LogP) is 0.994. The van der Waals surface area contributed by atoms with Crippen molar-refractivity contribution >= 4 is 11.9 Å². The number of carboxylic acid groups (broad SMARTS) is 1. The van der Waals surface area contributed by atoms with Crippen molar-refractivity contribution in [3.05, 3.63) is 30.1 Å². The van der Waals surface area contributed by atoms with Crippen molar-refractivity contribution in [1.29, 1.82) is 0 Å². The van der Waals surface area contributed by atoms with Crippen LogP contribution in [-0.2, 0) is 16.0 Å². The molecule has 2 rings (SSSR count). The quantitative estimate of drug-likeness (QED) is 0.833. The molecule has 1 amide bonds. The van der Waals surface area contributed by atoms with Crippen LogP contribution >= 0.6 is 0 Å². The van der Waals surface area contributed by atoms with Crippen LogP contribution in [-0.4, -0.2) is 28.0 Å². The summed E-state index contributed by atoms with van der Waals surface area (Å²) in [6.07, 6.45) is 4.07. The second kappa shape index (κ2) is 5.62. The van der Waals surface area contributed by atoms with Crippen molar-refractivity contribution in [3.8, 4) is 0 Å². The van der Waals surface area contributed by atoms with Crippen LogP contribution in [0.15, 0.2) is 24.4 Å². The fraction of sp³-hybridized carbons (Fsp3) is 0.462.